The number of carbonyl (C=O) groups is 7. The molecule has 7 aromatic rings. The number of benzene rings is 7. The molecule has 7 aromatic carbocycles. The molecule has 0 aromatic heterocycles. The fourth-order valence-electron chi connectivity index (χ4n) is 16.1. The third-order valence-corrected chi connectivity index (χ3v) is 22.2. The van der Waals surface area contributed by atoms with Crippen LogP contribution in [-0.4, -0.2) is 210 Å². The summed E-state index contributed by atoms with van der Waals surface area (Å²) in [6.45, 7) is 16.2. The van der Waals surface area contributed by atoms with Crippen LogP contribution in [0.5, 0.6) is 0 Å². The van der Waals surface area contributed by atoms with Gasteiger partial charge in [0.1, 0.15) is 34.9 Å². The molecule has 15 rings (SSSR count). The Morgan fingerprint density at radius 1 is 0.470 bits per heavy atom. The molecule has 5 N–H and O–H groups in total. The number of carboxylic acids is 1. The van der Waals surface area contributed by atoms with Gasteiger partial charge >= 0.3 is 18.1 Å². The van der Waals surface area contributed by atoms with Gasteiger partial charge in [-0.3, -0.25) is 38.8 Å². The summed E-state index contributed by atoms with van der Waals surface area (Å²) in [5, 5.41) is 22.6. The van der Waals surface area contributed by atoms with Crippen molar-refractivity contribution >= 4 is 87.2 Å². The summed E-state index contributed by atoms with van der Waals surface area (Å²) in [6.07, 6.45) is -1.06. The molecule has 0 saturated carbocycles. The van der Waals surface area contributed by atoms with Gasteiger partial charge < -0.3 is 74.9 Å². The molecule has 24 nitrogen and oxygen atoms in total. The average molecular weight is 1620 g/mol. The van der Waals surface area contributed by atoms with E-state index in [1.807, 2.05) is 70.5 Å². The number of amidine groups is 2. The molecule has 618 valence electrons. The zero-order chi connectivity index (χ0) is 82.6. The van der Waals surface area contributed by atoms with Crippen LogP contribution >= 0.6 is 0 Å². The summed E-state index contributed by atoms with van der Waals surface area (Å²) < 4.78 is 112. The number of rotatable bonds is 16. The number of aliphatic imine (C=N–C) groups is 2. The highest BCUT2D eigenvalue weighted by Gasteiger charge is 2.47. The van der Waals surface area contributed by atoms with Crippen LogP contribution in [0.25, 0.3) is 0 Å². The Kier molecular flexibility index (Phi) is 27.0. The molecule has 0 aliphatic carbocycles. The summed E-state index contributed by atoms with van der Waals surface area (Å²) in [5.74, 6) is -5.88. The third kappa shape index (κ3) is 20.9. The summed E-state index contributed by atoms with van der Waals surface area (Å²) in [4.78, 5) is 110. The summed E-state index contributed by atoms with van der Waals surface area (Å²) in [7, 11) is 0. The number of anilines is 6. The number of carbonyl (C=O) groups excluding carboxylic acids is 6. The van der Waals surface area contributed by atoms with E-state index in [-0.39, 0.29) is 73.0 Å². The molecule has 0 atom stereocenters. The van der Waals surface area contributed by atoms with Crippen LogP contribution in [0, 0.1) is 23.3 Å². The van der Waals surface area contributed by atoms with E-state index in [0.717, 1.165) is 102 Å². The van der Waals surface area contributed by atoms with Crippen LogP contribution in [0.3, 0.4) is 0 Å². The molecule has 0 bridgehead atoms. The monoisotopic (exact) mass is 1620 g/mol. The van der Waals surface area contributed by atoms with Crippen LogP contribution in [0.15, 0.2) is 137 Å². The SMILES string of the molecule is CC(=O)N1CCN(c2ccc(C(=O)NC3=NCc4ccc(Cc5cc(F)cc(F)c5)cc43)c(N(C(C)=O)C3CCOCC3)c2)CC1.CC(=O)N1CCN(c2ccc(C(=O)O)c(N(C(=O)C(F)(F)F)C3CCOCC3)c2)CC1.O=C(NC1=NCc2ccc(Cc3cc(F)cc(F)c3)cc21)c1ccc(N2CCNCC2)cc1NC1CCOCC1. The number of aromatic carboxylic acids is 1. The first kappa shape index (κ1) is 83.7. The highest BCUT2D eigenvalue weighted by Crippen LogP contribution is 2.38. The largest absolute Gasteiger partial charge is 0.478 e. The standard InChI is InChI=1S/C35H37F2N5O4.C31H33F2N5O2.C20H24F3N3O5/c1-22(43)40-9-11-41(12-10-40)30-5-6-31(33(20-30)42(23(2)44)29-7-13-46-14-8-29)35(45)39-34-32-18-24(3-4-26(32)21-38-34)15-25-16-27(36)19-28(37)17-25;32-23-14-21(15-24(33)17-23)13-20-1-2-22-19-35-30(28(22)16-20)37-31(39)27-4-3-26(38-9-7-34-8-10-38)18-29(27)36-25-5-11-40-12-6-25;1-13(27)24-6-8-25(9-7-24)15-2-3-16(18(28)29)17(12-15)26(19(30)20(21,22)23)14-4-10-31-11-5-14/h3-6,16-20,29H,7-15,21H2,1-2H3,(H,38,39,45);1-4,14-18,25,34,36H,5-13,19H2,(H,35,37,39);2-3,12,14H,4-11H2,1H3,(H,28,29). The van der Waals surface area contributed by atoms with E-state index >= 15 is 0 Å². The van der Waals surface area contributed by atoms with E-state index in [4.69, 9.17) is 14.2 Å². The van der Waals surface area contributed by atoms with Crippen molar-refractivity contribution in [2.24, 2.45) is 9.98 Å². The maximum Gasteiger partial charge on any atom is 0.471 e. The average Bonchev–Trinajstić information content (AvgIpc) is 1.61. The smallest absolute Gasteiger partial charge is 0.471 e. The number of alkyl halides is 3. The molecule has 0 radical (unpaired) electrons. The van der Waals surface area contributed by atoms with Gasteiger partial charge in [0.15, 0.2) is 0 Å². The van der Waals surface area contributed by atoms with Crippen LogP contribution < -0.4 is 45.8 Å². The summed E-state index contributed by atoms with van der Waals surface area (Å²) in [5.41, 5.74) is 10.3. The molecular formula is C86H94F7N13O11. The Bertz CT molecular complexity index is 4870. The molecule has 6 saturated heterocycles. The first-order valence-corrected chi connectivity index (χ1v) is 39.4. The first-order chi connectivity index (χ1) is 56.3. The van der Waals surface area contributed by atoms with Crippen molar-refractivity contribution in [3.05, 3.63) is 212 Å². The van der Waals surface area contributed by atoms with Crippen molar-refractivity contribution in [3.8, 4) is 0 Å². The number of piperazine rings is 3. The van der Waals surface area contributed by atoms with Crippen LogP contribution in [-0.2, 0) is 59.3 Å². The Hall–Kier alpha value is -11.3. The lowest BCUT2D eigenvalue weighted by Crippen LogP contribution is -2.50. The number of hydrogen-bond acceptors (Lipinski definition) is 17. The van der Waals surface area contributed by atoms with Gasteiger partial charge in [-0.25, -0.2) is 22.4 Å². The fraction of sp³-hybridized carbons (Fsp3) is 0.407. The van der Waals surface area contributed by atoms with Gasteiger partial charge in [0.05, 0.1) is 41.2 Å². The summed E-state index contributed by atoms with van der Waals surface area (Å²) in [6, 6.07) is 33.4. The molecule has 31 heteroatoms. The lowest BCUT2D eigenvalue weighted by atomic mass is 9.99. The molecule has 8 heterocycles. The molecular weight excluding hydrogens is 1520 g/mol. The number of nitrogens with zero attached hydrogens (tertiary/aromatic N) is 9. The number of halogens is 7. The minimum Gasteiger partial charge on any atom is -0.478 e. The van der Waals surface area contributed by atoms with E-state index in [0.29, 0.717) is 168 Å². The maximum absolute atomic E-state index is 14.0. The summed E-state index contributed by atoms with van der Waals surface area (Å²) >= 11 is 0. The molecule has 0 unspecified atom stereocenters. The van der Waals surface area contributed by atoms with Crippen molar-refractivity contribution in [1.82, 2.24) is 25.8 Å². The lowest BCUT2D eigenvalue weighted by molar-refractivity contribution is -0.171. The number of nitrogens with one attached hydrogen (secondary N) is 4. The Balaban J connectivity index is 0.000000155. The molecule has 117 heavy (non-hydrogen) atoms. The predicted molar refractivity (Wildman–Crippen MR) is 429 cm³/mol. The van der Waals surface area contributed by atoms with Crippen LogP contribution in [0.4, 0.5) is 64.9 Å². The number of amides is 6. The zero-order valence-corrected chi connectivity index (χ0v) is 65.4. The van der Waals surface area contributed by atoms with Gasteiger partial charge in [-0.15, -0.1) is 0 Å². The second-order valence-corrected chi connectivity index (χ2v) is 30.1. The van der Waals surface area contributed by atoms with Crippen LogP contribution in [0.2, 0.25) is 0 Å². The first-order valence-electron chi connectivity index (χ1n) is 39.4. The normalized spacial score (nSPS) is 17.2. The lowest BCUT2D eigenvalue weighted by Gasteiger charge is -2.38. The van der Waals surface area contributed by atoms with E-state index in [1.54, 1.807) is 22.8 Å². The fourth-order valence-corrected chi connectivity index (χ4v) is 16.1. The highest BCUT2D eigenvalue weighted by molar-refractivity contribution is 6.18. The maximum atomic E-state index is 14.0. The topological polar surface area (TPSA) is 263 Å². The van der Waals surface area contributed by atoms with Gasteiger partial charge in [-0.2, -0.15) is 13.2 Å². The van der Waals surface area contributed by atoms with E-state index < -0.39 is 53.3 Å². The van der Waals surface area contributed by atoms with Gasteiger partial charge in [0, 0.05) is 203 Å². The van der Waals surface area contributed by atoms with Crippen LogP contribution in [0.1, 0.15) is 135 Å². The van der Waals surface area contributed by atoms with Crippen molar-refractivity contribution in [3.63, 3.8) is 0 Å². The van der Waals surface area contributed by atoms with Gasteiger partial charge in [0.25, 0.3) is 11.8 Å². The molecule has 0 spiro atoms. The third-order valence-electron chi connectivity index (χ3n) is 22.2. The minimum atomic E-state index is -5.16. The van der Waals surface area contributed by atoms with Gasteiger partial charge in [-0.05, 0) is 176 Å². The van der Waals surface area contributed by atoms with Gasteiger partial charge in [-0.1, -0.05) is 24.3 Å². The molecule has 8 aliphatic heterocycles. The van der Waals surface area contributed by atoms with Gasteiger partial charge in [0.2, 0.25) is 17.7 Å². The van der Waals surface area contributed by atoms with E-state index in [1.165, 1.54) is 56.3 Å². The predicted octanol–water partition coefficient (Wildman–Crippen LogP) is 10.8. The van der Waals surface area contributed by atoms with Crippen molar-refractivity contribution in [1.29, 1.82) is 0 Å². The molecule has 6 amide bonds. The van der Waals surface area contributed by atoms with Crippen molar-refractivity contribution < 1.29 is 83.6 Å². The Morgan fingerprint density at radius 2 is 0.872 bits per heavy atom. The van der Waals surface area contributed by atoms with Crippen molar-refractivity contribution in [2.75, 3.05) is 148 Å². The number of fused-ring (bicyclic) bond motifs is 2. The second-order valence-electron chi connectivity index (χ2n) is 30.1. The molecule has 6 fully saturated rings. The number of ether oxygens (including phenoxy) is 3. The Labute approximate surface area is 673 Å². The number of carboxylic acid groups (broad SMARTS) is 1. The second kappa shape index (κ2) is 37.8. The van der Waals surface area contributed by atoms with E-state index in [2.05, 4.69) is 47.1 Å². The number of hydrogen-bond donors (Lipinski definition) is 5. The van der Waals surface area contributed by atoms with E-state index in [9.17, 15) is 69.4 Å². The van der Waals surface area contributed by atoms with Crippen molar-refractivity contribution in [2.45, 2.75) is 110 Å². The quantitative estimate of drug-likeness (QED) is 0.0563. The zero-order valence-electron chi connectivity index (χ0n) is 65.4. The Morgan fingerprint density at radius 3 is 1.31 bits per heavy atom. The highest BCUT2D eigenvalue weighted by atomic mass is 19.4. The molecule has 8 aliphatic rings. The minimum absolute atomic E-state index is 0.0426.